The lowest BCUT2D eigenvalue weighted by atomic mass is 10.1. The molecule has 3 heteroatoms. The summed E-state index contributed by atoms with van der Waals surface area (Å²) in [6.45, 7) is 9.10. The number of benzene rings is 1. The van der Waals surface area contributed by atoms with E-state index in [0.29, 0.717) is 5.92 Å². The monoisotopic (exact) mass is 251 g/mol. The van der Waals surface area contributed by atoms with Gasteiger partial charge in [-0.25, -0.2) is 0 Å². The Bertz CT molecular complexity index is 350. The summed E-state index contributed by atoms with van der Waals surface area (Å²) in [6, 6.07) is 6.00. The Hall–Kier alpha value is -1.22. The van der Waals surface area contributed by atoms with E-state index in [0.717, 1.165) is 37.6 Å². The second-order valence-corrected chi connectivity index (χ2v) is 4.85. The van der Waals surface area contributed by atoms with Crippen molar-refractivity contribution in [3.8, 4) is 11.5 Å². The van der Waals surface area contributed by atoms with Crippen molar-refractivity contribution < 1.29 is 9.47 Å². The van der Waals surface area contributed by atoms with Crippen LogP contribution >= 0.6 is 0 Å². The van der Waals surface area contributed by atoms with Gasteiger partial charge in [-0.3, -0.25) is 0 Å². The third-order valence-corrected chi connectivity index (χ3v) is 2.60. The number of hydrogen-bond donors (Lipinski definition) is 1. The molecule has 18 heavy (non-hydrogen) atoms. The predicted octanol–water partition coefficient (Wildman–Crippen LogP) is 3.23. The Morgan fingerprint density at radius 2 is 2.06 bits per heavy atom. The minimum atomic E-state index is 0.656. The van der Waals surface area contributed by atoms with E-state index in [2.05, 4.69) is 32.2 Å². The van der Waals surface area contributed by atoms with E-state index in [1.807, 2.05) is 12.1 Å². The van der Waals surface area contributed by atoms with Crippen LogP contribution in [0.25, 0.3) is 0 Å². The van der Waals surface area contributed by atoms with E-state index < -0.39 is 0 Å². The van der Waals surface area contributed by atoms with Crippen LogP contribution in [0.5, 0.6) is 11.5 Å². The summed E-state index contributed by atoms with van der Waals surface area (Å²) in [5.41, 5.74) is 1.19. The Labute approximate surface area is 110 Å². The van der Waals surface area contributed by atoms with E-state index in [1.54, 1.807) is 7.11 Å². The Balaban J connectivity index is 2.68. The molecule has 0 atom stereocenters. The van der Waals surface area contributed by atoms with Crippen LogP contribution < -0.4 is 14.8 Å². The Morgan fingerprint density at radius 1 is 1.28 bits per heavy atom. The number of rotatable bonds is 8. The van der Waals surface area contributed by atoms with Crippen molar-refractivity contribution in [2.75, 3.05) is 20.3 Å². The molecule has 102 valence electrons. The second-order valence-electron chi connectivity index (χ2n) is 4.85. The van der Waals surface area contributed by atoms with Crippen LogP contribution in [0.15, 0.2) is 18.2 Å². The third-order valence-electron chi connectivity index (χ3n) is 2.60. The molecular weight excluding hydrogens is 226 g/mol. The van der Waals surface area contributed by atoms with Gasteiger partial charge in [0.1, 0.15) is 11.5 Å². The lowest BCUT2D eigenvalue weighted by Gasteiger charge is -2.14. The van der Waals surface area contributed by atoms with Gasteiger partial charge in [0.15, 0.2) is 0 Å². The van der Waals surface area contributed by atoms with E-state index in [1.165, 1.54) is 5.56 Å². The average Bonchev–Trinajstić information content (AvgIpc) is 2.36. The molecule has 1 aromatic rings. The highest BCUT2D eigenvalue weighted by Crippen LogP contribution is 2.25. The predicted molar refractivity (Wildman–Crippen MR) is 75.3 cm³/mol. The maximum atomic E-state index is 5.77. The van der Waals surface area contributed by atoms with Gasteiger partial charge < -0.3 is 14.8 Å². The lowest BCUT2D eigenvalue weighted by Crippen LogP contribution is -2.19. The summed E-state index contributed by atoms with van der Waals surface area (Å²) in [5.74, 6) is 2.42. The van der Waals surface area contributed by atoms with Gasteiger partial charge in [0, 0.05) is 18.2 Å². The standard InChI is InChI=1S/C15H25NO2/c1-5-8-18-15-9-14(17-4)7-6-13(15)11-16-10-12(2)3/h6-7,9,12,16H,5,8,10-11H2,1-4H3. The van der Waals surface area contributed by atoms with Gasteiger partial charge in [0.05, 0.1) is 13.7 Å². The maximum absolute atomic E-state index is 5.77. The third kappa shape index (κ3) is 4.96. The lowest BCUT2D eigenvalue weighted by molar-refractivity contribution is 0.310. The van der Waals surface area contributed by atoms with Gasteiger partial charge in [-0.15, -0.1) is 0 Å². The minimum Gasteiger partial charge on any atom is -0.497 e. The highest BCUT2D eigenvalue weighted by Gasteiger charge is 2.06. The summed E-state index contributed by atoms with van der Waals surface area (Å²) in [4.78, 5) is 0. The molecule has 0 bridgehead atoms. The smallest absolute Gasteiger partial charge is 0.127 e. The van der Waals surface area contributed by atoms with Gasteiger partial charge in [-0.1, -0.05) is 26.8 Å². The van der Waals surface area contributed by atoms with E-state index >= 15 is 0 Å². The first-order chi connectivity index (χ1) is 8.67. The van der Waals surface area contributed by atoms with Gasteiger partial charge in [-0.05, 0) is 24.9 Å². The molecule has 1 rings (SSSR count). The van der Waals surface area contributed by atoms with Crippen LogP contribution in [0.1, 0.15) is 32.8 Å². The summed E-state index contributed by atoms with van der Waals surface area (Å²) in [5, 5.41) is 3.43. The molecule has 0 radical (unpaired) electrons. The van der Waals surface area contributed by atoms with Crippen LogP contribution in [-0.4, -0.2) is 20.3 Å². The van der Waals surface area contributed by atoms with Gasteiger partial charge in [0.2, 0.25) is 0 Å². The summed E-state index contributed by atoms with van der Waals surface area (Å²) in [6.07, 6.45) is 1.01. The molecule has 0 saturated carbocycles. The number of nitrogens with one attached hydrogen (secondary N) is 1. The zero-order valence-electron chi connectivity index (χ0n) is 12.0. The van der Waals surface area contributed by atoms with Crippen LogP contribution in [0.4, 0.5) is 0 Å². The summed E-state index contributed by atoms with van der Waals surface area (Å²) < 4.78 is 11.0. The molecule has 1 N–H and O–H groups in total. The van der Waals surface area contributed by atoms with Crippen molar-refractivity contribution in [2.24, 2.45) is 5.92 Å². The largest absolute Gasteiger partial charge is 0.497 e. The van der Waals surface area contributed by atoms with Crippen molar-refractivity contribution in [1.29, 1.82) is 0 Å². The molecule has 0 aromatic heterocycles. The first-order valence-corrected chi connectivity index (χ1v) is 6.67. The molecule has 0 aliphatic carbocycles. The SMILES string of the molecule is CCCOc1cc(OC)ccc1CNCC(C)C. The number of hydrogen-bond acceptors (Lipinski definition) is 3. The highest BCUT2D eigenvalue weighted by atomic mass is 16.5. The van der Waals surface area contributed by atoms with Crippen molar-refractivity contribution in [3.63, 3.8) is 0 Å². The van der Waals surface area contributed by atoms with Gasteiger partial charge in [-0.2, -0.15) is 0 Å². The number of methoxy groups -OCH3 is 1. The fraction of sp³-hybridized carbons (Fsp3) is 0.600. The topological polar surface area (TPSA) is 30.5 Å². The van der Waals surface area contributed by atoms with Crippen molar-refractivity contribution in [1.82, 2.24) is 5.32 Å². The normalized spacial score (nSPS) is 10.7. The average molecular weight is 251 g/mol. The van der Waals surface area contributed by atoms with Crippen LogP contribution in [-0.2, 0) is 6.54 Å². The second kappa shape index (κ2) is 7.98. The fourth-order valence-electron chi connectivity index (χ4n) is 1.65. The molecule has 3 nitrogen and oxygen atoms in total. The number of ether oxygens (including phenoxy) is 2. The zero-order valence-corrected chi connectivity index (χ0v) is 12.0. The van der Waals surface area contributed by atoms with E-state index in [-0.39, 0.29) is 0 Å². The first kappa shape index (κ1) is 14.8. The molecule has 0 amide bonds. The van der Waals surface area contributed by atoms with Crippen LogP contribution in [0.2, 0.25) is 0 Å². The Kier molecular flexibility index (Phi) is 6.58. The van der Waals surface area contributed by atoms with Crippen molar-refractivity contribution >= 4 is 0 Å². The van der Waals surface area contributed by atoms with E-state index in [4.69, 9.17) is 9.47 Å². The molecule has 1 aromatic carbocycles. The molecular formula is C15H25NO2. The molecule has 0 heterocycles. The fourth-order valence-corrected chi connectivity index (χ4v) is 1.65. The quantitative estimate of drug-likeness (QED) is 0.769. The van der Waals surface area contributed by atoms with Gasteiger partial charge in [0.25, 0.3) is 0 Å². The van der Waals surface area contributed by atoms with Gasteiger partial charge >= 0.3 is 0 Å². The van der Waals surface area contributed by atoms with Crippen LogP contribution in [0.3, 0.4) is 0 Å². The molecule has 0 spiro atoms. The first-order valence-electron chi connectivity index (χ1n) is 6.67. The zero-order chi connectivity index (χ0) is 13.4. The molecule has 0 aliphatic heterocycles. The summed E-state index contributed by atoms with van der Waals surface area (Å²) >= 11 is 0. The molecule has 0 fully saturated rings. The highest BCUT2D eigenvalue weighted by molar-refractivity contribution is 5.40. The maximum Gasteiger partial charge on any atom is 0.127 e. The molecule has 0 unspecified atom stereocenters. The van der Waals surface area contributed by atoms with Crippen molar-refractivity contribution in [3.05, 3.63) is 23.8 Å². The molecule has 0 aliphatic rings. The van der Waals surface area contributed by atoms with Crippen molar-refractivity contribution in [2.45, 2.75) is 33.7 Å². The van der Waals surface area contributed by atoms with E-state index in [9.17, 15) is 0 Å². The van der Waals surface area contributed by atoms with Crippen LogP contribution in [0, 0.1) is 5.92 Å². The molecule has 0 saturated heterocycles. The summed E-state index contributed by atoms with van der Waals surface area (Å²) in [7, 11) is 1.68. The minimum absolute atomic E-state index is 0.656. The Morgan fingerprint density at radius 3 is 2.67 bits per heavy atom.